The molecule has 146 valence electrons. The minimum atomic E-state index is -0.235. The van der Waals surface area contributed by atoms with Gasteiger partial charge in [-0.15, -0.1) is 0 Å². The van der Waals surface area contributed by atoms with Crippen LogP contribution in [0.15, 0.2) is 72.8 Å². The zero-order chi connectivity index (χ0) is 20.7. The fourth-order valence-corrected chi connectivity index (χ4v) is 4.43. The van der Waals surface area contributed by atoms with Crippen LogP contribution in [-0.2, 0) is 6.42 Å². The molecule has 0 fully saturated rings. The smallest absolute Gasteiger partial charge is 0.254 e. The van der Waals surface area contributed by atoms with Gasteiger partial charge in [-0.25, -0.2) is 0 Å². The number of fused-ring (bicyclic) bond motifs is 3. The summed E-state index contributed by atoms with van der Waals surface area (Å²) in [4.78, 5) is 18.9. The molecule has 2 heterocycles. The Labute approximate surface area is 179 Å². The van der Waals surface area contributed by atoms with Crippen molar-refractivity contribution >= 4 is 28.4 Å². The number of amides is 1. The van der Waals surface area contributed by atoms with Crippen molar-refractivity contribution in [1.82, 2.24) is 9.88 Å². The van der Waals surface area contributed by atoms with Crippen molar-refractivity contribution in [1.29, 1.82) is 5.26 Å². The molecule has 4 aromatic rings. The number of nitrogens with zero attached hydrogens (tertiary/aromatic N) is 2. The number of hydrogen-bond donors (Lipinski definition) is 1. The number of para-hydroxylation sites is 1. The predicted octanol–water partition coefficient (Wildman–Crippen LogP) is 5.48. The normalized spacial score (nSPS) is 15.6. The van der Waals surface area contributed by atoms with E-state index in [2.05, 4.69) is 23.2 Å². The van der Waals surface area contributed by atoms with Crippen LogP contribution in [0.25, 0.3) is 10.9 Å². The molecule has 1 amide bonds. The molecule has 1 aromatic heterocycles. The van der Waals surface area contributed by atoms with E-state index in [1.54, 1.807) is 24.3 Å². The van der Waals surface area contributed by atoms with Crippen molar-refractivity contribution in [3.63, 3.8) is 0 Å². The van der Waals surface area contributed by atoms with Gasteiger partial charge in [0.2, 0.25) is 0 Å². The van der Waals surface area contributed by atoms with Crippen LogP contribution in [0, 0.1) is 11.3 Å². The lowest BCUT2D eigenvalue weighted by Crippen LogP contribution is -2.40. The Morgan fingerprint density at radius 3 is 2.50 bits per heavy atom. The van der Waals surface area contributed by atoms with Crippen LogP contribution in [0.2, 0.25) is 5.02 Å². The quantitative estimate of drug-likeness (QED) is 0.474. The maximum atomic E-state index is 13.5. The van der Waals surface area contributed by atoms with Gasteiger partial charge in [0.15, 0.2) is 0 Å². The lowest BCUT2D eigenvalue weighted by atomic mass is 9.91. The van der Waals surface area contributed by atoms with Gasteiger partial charge in [0.1, 0.15) is 0 Å². The standard InChI is InChI=1S/C25H18ClN3O/c26-19-11-9-17(10-12-19)24-23-21(20-3-1-2-4-22(20)28-23)13-14-29(24)25(30)18-7-5-16(15-27)6-8-18/h1-12,24,28H,13-14H2. The lowest BCUT2D eigenvalue weighted by Gasteiger charge is -2.36. The first-order valence-electron chi connectivity index (χ1n) is 9.82. The summed E-state index contributed by atoms with van der Waals surface area (Å²) in [6, 6.07) is 24.6. The van der Waals surface area contributed by atoms with Gasteiger partial charge < -0.3 is 9.88 Å². The van der Waals surface area contributed by atoms with Gasteiger partial charge in [-0.3, -0.25) is 4.79 Å². The van der Waals surface area contributed by atoms with Gasteiger partial charge in [-0.2, -0.15) is 5.26 Å². The highest BCUT2D eigenvalue weighted by Gasteiger charge is 2.34. The van der Waals surface area contributed by atoms with E-state index in [4.69, 9.17) is 16.9 Å². The van der Waals surface area contributed by atoms with Gasteiger partial charge in [0.05, 0.1) is 17.7 Å². The molecule has 0 radical (unpaired) electrons. The zero-order valence-corrected chi connectivity index (χ0v) is 16.9. The van der Waals surface area contributed by atoms with Crippen molar-refractivity contribution in [3.8, 4) is 6.07 Å². The first kappa shape index (κ1) is 18.5. The summed E-state index contributed by atoms with van der Waals surface area (Å²) in [5, 5.41) is 10.9. The summed E-state index contributed by atoms with van der Waals surface area (Å²) in [6.45, 7) is 0.612. The van der Waals surface area contributed by atoms with E-state index in [-0.39, 0.29) is 11.9 Å². The van der Waals surface area contributed by atoms with E-state index < -0.39 is 0 Å². The fourth-order valence-electron chi connectivity index (χ4n) is 4.30. The maximum absolute atomic E-state index is 13.5. The van der Waals surface area contributed by atoms with E-state index in [0.717, 1.165) is 23.2 Å². The maximum Gasteiger partial charge on any atom is 0.254 e. The summed E-state index contributed by atoms with van der Waals surface area (Å²) >= 11 is 6.12. The van der Waals surface area contributed by atoms with Crippen LogP contribution in [0.5, 0.6) is 0 Å². The van der Waals surface area contributed by atoms with E-state index in [1.165, 1.54) is 10.9 Å². The number of rotatable bonds is 2. The molecule has 0 saturated carbocycles. The van der Waals surface area contributed by atoms with E-state index >= 15 is 0 Å². The largest absolute Gasteiger partial charge is 0.356 e. The molecule has 1 aliphatic heterocycles. The average molecular weight is 412 g/mol. The molecule has 1 N–H and O–H groups in total. The summed E-state index contributed by atoms with van der Waals surface area (Å²) in [5.41, 5.74) is 5.51. The number of aromatic nitrogens is 1. The van der Waals surface area contributed by atoms with Gasteiger partial charge in [0.25, 0.3) is 5.91 Å². The molecular formula is C25H18ClN3O. The second-order valence-corrected chi connectivity index (χ2v) is 7.89. The number of halogens is 1. The minimum absolute atomic E-state index is 0.0521. The molecule has 0 bridgehead atoms. The first-order valence-corrected chi connectivity index (χ1v) is 10.2. The van der Waals surface area contributed by atoms with Crippen LogP contribution >= 0.6 is 11.6 Å². The SMILES string of the molecule is N#Cc1ccc(C(=O)N2CCc3c([nH]c4ccccc34)C2c2ccc(Cl)cc2)cc1. The second kappa shape index (κ2) is 7.37. The third-order valence-electron chi connectivity index (χ3n) is 5.74. The van der Waals surface area contributed by atoms with Crippen molar-refractivity contribution in [2.45, 2.75) is 12.5 Å². The van der Waals surface area contributed by atoms with Gasteiger partial charge >= 0.3 is 0 Å². The Kier molecular flexibility index (Phi) is 4.54. The van der Waals surface area contributed by atoms with Gasteiger partial charge in [-0.05, 0) is 60.0 Å². The lowest BCUT2D eigenvalue weighted by molar-refractivity contribution is 0.0692. The van der Waals surface area contributed by atoms with E-state index in [9.17, 15) is 4.79 Å². The van der Waals surface area contributed by atoms with Crippen LogP contribution < -0.4 is 0 Å². The molecule has 3 aromatic carbocycles. The number of carbonyl (C=O) groups excluding carboxylic acids is 1. The monoisotopic (exact) mass is 411 g/mol. The summed E-state index contributed by atoms with van der Waals surface area (Å²) in [7, 11) is 0. The average Bonchev–Trinajstić information content (AvgIpc) is 3.17. The number of hydrogen-bond acceptors (Lipinski definition) is 2. The van der Waals surface area contributed by atoms with Crippen molar-refractivity contribution in [3.05, 3.63) is 106 Å². The van der Waals surface area contributed by atoms with Gasteiger partial charge in [0, 0.05) is 33.7 Å². The van der Waals surface area contributed by atoms with E-state index in [1.807, 2.05) is 41.3 Å². The molecule has 0 aliphatic carbocycles. The minimum Gasteiger partial charge on any atom is -0.356 e. The van der Waals surface area contributed by atoms with Crippen LogP contribution in [0.3, 0.4) is 0 Å². The number of nitrogens with one attached hydrogen (secondary N) is 1. The van der Waals surface area contributed by atoms with Crippen molar-refractivity contribution in [2.24, 2.45) is 0 Å². The zero-order valence-electron chi connectivity index (χ0n) is 16.1. The molecule has 5 heteroatoms. The van der Waals surface area contributed by atoms with Crippen LogP contribution in [-0.4, -0.2) is 22.3 Å². The summed E-state index contributed by atoms with van der Waals surface area (Å²) in [5.74, 6) is -0.0521. The van der Waals surface area contributed by atoms with Gasteiger partial charge in [-0.1, -0.05) is 41.9 Å². The van der Waals surface area contributed by atoms with Crippen LogP contribution in [0.1, 0.15) is 38.8 Å². The van der Waals surface area contributed by atoms with Crippen molar-refractivity contribution < 1.29 is 4.79 Å². The Balaban J connectivity index is 1.63. The molecule has 0 spiro atoms. The number of benzene rings is 3. The van der Waals surface area contributed by atoms with Crippen molar-refractivity contribution in [2.75, 3.05) is 6.54 Å². The Morgan fingerprint density at radius 2 is 1.77 bits per heavy atom. The molecule has 0 saturated heterocycles. The number of H-pyrrole nitrogens is 1. The molecule has 1 aliphatic rings. The fraction of sp³-hybridized carbons (Fsp3) is 0.120. The highest BCUT2D eigenvalue weighted by Crippen LogP contribution is 2.39. The number of aromatic amines is 1. The van der Waals surface area contributed by atoms with E-state index in [0.29, 0.717) is 22.7 Å². The number of nitriles is 1. The Hall–Kier alpha value is -3.55. The third kappa shape index (κ3) is 3.04. The molecular weight excluding hydrogens is 394 g/mol. The Bertz CT molecular complexity index is 1280. The highest BCUT2D eigenvalue weighted by molar-refractivity contribution is 6.30. The topological polar surface area (TPSA) is 59.9 Å². The highest BCUT2D eigenvalue weighted by atomic mass is 35.5. The summed E-state index contributed by atoms with van der Waals surface area (Å²) < 4.78 is 0. The molecule has 4 nitrogen and oxygen atoms in total. The van der Waals surface area contributed by atoms with Crippen LogP contribution in [0.4, 0.5) is 0 Å². The molecule has 1 unspecified atom stereocenters. The second-order valence-electron chi connectivity index (χ2n) is 7.45. The summed E-state index contributed by atoms with van der Waals surface area (Å²) in [6.07, 6.45) is 0.783. The Morgan fingerprint density at radius 1 is 1.03 bits per heavy atom. The predicted molar refractivity (Wildman–Crippen MR) is 117 cm³/mol. The molecule has 30 heavy (non-hydrogen) atoms. The number of carbonyl (C=O) groups is 1. The third-order valence-corrected chi connectivity index (χ3v) is 5.99. The first-order chi connectivity index (χ1) is 14.7. The molecule has 1 atom stereocenters. The molecule has 5 rings (SSSR count).